The third-order valence-corrected chi connectivity index (χ3v) is 2.79. The van der Waals surface area contributed by atoms with Crippen LogP contribution < -0.4 is 5.32 Å². The first kappa shape index (κ1) is 8.97. The van der Waals surface area contributed by atoms with E-state index in [0.717, 1.165) is 11.2 Å². The molecular formula is C10H9N3S. The van der Waals surface area contributed by atoms with Gasteiger partial charge in [-0.15, -0.1) is 11.3 Å². The first-order valence-corrected chi connectivity index (χ1v) is 5.23. The standard InChI is InChI=1S/C10H9N3S/c11-4-1-5-12-10-8-3-7-14-9(8)2-6-13-10/h2-3,6-7H,1,5H2,(H,12,13). The second-order valence-electron chi connectivity index (χ2n) is 2.83. The van der Waals surface area contributed by atoms with Crippen molar-refractivity contribution in [3.63, 3.8) is 0 Å². The van der Waals surface area contributed by atoms with E-state index < -0.39 is 0 Å². The summed E-state index contributed by atoms with van der Waals surface area (Å²) in [4.78, 5) is 4.24. The van der Waals surface area contributed by atoms with Crippen LogP contribution in [0.1, 0.15) is 6.42 Å². The van der Waals surface area contributed by atoms with Gasteiger partial charge in [0.05, 0.1) is 12.5 Å². The number of nitrogens with one attached hydrogen (secondary N) is 1. The van der Waals surface area contributed by atoms with E-state index in [1.54, 1.807) is 17.5 Å². The average molecular weight is 203 g/mol. The van der Waals surface area contributed by atoms with E-state index in [-0.39, 0.29) is 0 Å². The smallest absolute Gasteiger partial charge is 0.134 e. The van der Waals surface area contributed by atoms with Gasteiger partial charge in [-0.05, 0) is 17.5 Å². The molecule has 0 saturated carbocycles. The van der Waals surface area contributed by atoms with E-state index in [1.807, 2.05) is 17.5 Å². The first-order valence-electron chi connectivity index (χ1n) is 4.35. The molecule has 3 nitrogen and oxygen atoms in total. The van der Waals surface area contributed by atoms with Crippen LogP contribution in [0.2, 0.25) is 0 Å². The molecule has 0 aliphatic heterocycles. The molecule has 0 radical (unpaired) electrons. The summed E-state index contributed by atoms with van der Waals surface area (Å²) >= 11 is 1.70. The summed E-state index contributed by atoms with van der Waals surface area (Å²) in [6, 6.07) is 6.13. The predicted octanol–water partition coefficient (Wildman–Crippen LogP) is 2.62. The molecule has 0 spiro atoms. The number of pyridine rings is 1. The molecule has 0 amide bonds. The fourth-order valence-electron chi connectivity index (χ4n) is 1.27. The minimum Gasteiger partial charge on any atom is -0.369 e. The van der Waals surface area contributed by atoms with Crippen molar-refractivity contribution in [2.75, 3.05) is 11.9 Å². The number of thiophene rings is 1. The molecule has 0 saturated heterocycles. The Labute approximate surface area is 86.0 Å². The van der Waals surface area contributed by atoms with Crippen LogP contribution in [0, 0.1) is 11.3 Å². The molecule has 2 aromatic rings. The second-order valence-corrected chi connectivity index (χ2v) is 3.77. The zero-order valence-corrected chi connectivity index (χ0v) is 8.34. The van der Waals surface area contributed by atoms with Gasteiger partial charge in [0, 0.05) is 22.8 Å². The van der Waals surface area contributed by atoms with Crippen molar-refractivity contribution in [3.05, 3.63) is 23.7 Å². The molecular weight excluding hydrogens is 194 g/mol. The molecule has 2 heterocycles. The highest BCUT2D eigenvalue weighted by molar-refractivity contribution is 7.17. The van der Waals surface area contributed by atoms with Crippen LogP contribution in [-0.2, 0) is 0 Å². The fourth-order valence-corrected chi connectivity index (χ4v) is 2.05. The maximum absolute atomic E-state index is 8.41. The van der Waals surface area contributed by atoms with E-state index in [4.69, 9.17) is 5.26 Å². The molecule has 0 atom stereocenters. The number of hydrogen-bond acceptors (Lipinski definition) is 4. The fraction of sp³-hybridized carbons (Fsp3) is 0.200. The molecule has 0 bridgehead atoms. The number of hydrogen-bond donors (Lipinski definition) is 1. The van der Waals surface area contributed by atoms with Gasteiger partial charge >= 0.3 is 0 Å². The lowest BCUT2D eigenvalue weighted by atomic mass is 10.3. The van der Waals surface area contributed by atoms with E-state index >= 15 is 0 Å². The van der Waals surface area contributed by atoms with Crippen LogP contribution in [-0.4, -0.2) is 11.5 Å². The SMILES string of the molecule is N#CCCNc1nccc2sccc12. The molecule has 2 rings (SSSR count). The Morgan fingerprint density at radius 1 is 1.50 bits per heavy atom. The maximum Gasteiger partial charge on any atom is 0.134 e. The summed E-state index contributed by atoms with van der Waals surface area (Å²) in [5.74, 6) is 0.874. The molecule has 0 aliphatic rings. The van der Waals surface area contributed by atoms with Gasteiger partial charge < -0.3 is 5.32 Å². The summed E-state index contributed by atoms with van der Waals surface area (Å²) < 4.78 is 1.22. The van der Waals surface area contributed by atoms with Gasteiger partial charge in [0.1, 0.15) is 5.82 Å². The number of aromatic nitrogens is 1. The normalized spacial score (nSPS) is 9.93. The molecule has 70 valence electrons. The number of fused-ring (bicyclic) bond motifs is 1. The third kappa shape index (κ3) is 1.68. The van der Waals surface area contributed by atoms with E-state index in [1.165, 1.54) is 4.70 Å². The Kier molecular flexibility index (Phi) is 2.61. The molecule has 1 N–H and O–H groups in total. The number of nitriles is 1. The highest BCUT2D eigenvalue weighted by Crippen LogP contribution is 2.25. The Morgan fingerprint density at radius 2 is 2.43 bits per heavy atom. The lowest BCUT2D eigenvalue weighted by Gasteiger charge is -2.03. The van der Waals surface area contributed by atoms with Crippen LogP contribution in [0.15, 0.2) is 23.7 Å². The van der Waals surface area contributed by atoms with Gasteiger partial charge in [-0.3, -0.25) is 0 Å². The molecule has 0 unspecified atom stereocenters. The highest BCUT2D eigenvalue weighted by Gasteiger charge is 2.01. The first-order chi connectivity index (χ1) is 6.92. The Hall–Kier alpha value is -1.60. The zero-order valence-electron chi connectivity index (χ0n) is 7.53. The number of rotatable bonds is 3. The van der Waals surface area contributed by atoms with Gasteiger partial charge in [0.25, 0.3) is 0 Å². The van der Waals surface area contributed by atoms with Crippen LogP contribution in [0.25, 0.3) is 10.1 Å². The Bertz CT molecular complexity index is 469. The Balaban J connectivity index is 2.24. The van der Waals surface area contributed by atoms with Crippen LogP contribution >= 0.6 is 11.3 Å². The van der Waals surface area contributed by atoms with E-state index in [9.17, 15) is 0 Å². The molecule has 0 aliphatic carbocycles. The quantitative estimate of drug-likeness (QED) is 0.780. The van der Waals surface area contributed by atoms with Gasteiger partial charge in [-0.25, -0.2) is 4.98 Å². The summed E-state index contributed by atoms with van der Waals surface area (Å²) in [7, 11) is 0. The number of nitrogens with zero attached hydrogens (tertiary/aromatic N) is 2. The molecule has 14 heavy (non-hydrogen) atoms. The molecule has 2 aromatic heterocycles. The van der Waals surface area contributed by atoms with Crippen LogP contribution in [0.4, 0.5) is 5.82 Å². The zero-order chi connectivity index (χ0) is 9.80. The molecule has 0 fully saturated rings. The average Bonchev–Trinajstić information content (AvgIpc) is 2.67. The van der Waals surface area contributed by atoms with Gasteiger partial charge in [0.2, 0.25) is 0 Å². The summed E-state index contributed by atoms with van der Waals surface area (Å²) in [6.45, 7) is 0.651. The van der Waals surface area contributed by atoms with Crippen molar-refractivity contribution in [2.45, 2.75) is 6.42 Å². The monoisotopic (exact) mass is 203 g/mol. The summed E-state index contributed by atoms with van der Waals surface area (Å²) in [6.07, 6.45) is 2.29. The summed E-state index contributed by atoms with van der Waals surface area (Å²) in [5, 5.41) is 14.7. The van der Waals surface area contributed by atoms with Crippen molar-refractivity contribution < 1.29 is 0 Å². The van der Waals surface area contributed by atoms with E-state index in [2.05, 4.69) is 16.4 Å². The molecule has 0 aromatic carbocycles. The third-order valence-electron chi connectivity index (χ3n) is 1.91. The largest absolute Gasteiger partial charge is 0.369 e. The van der Waals surface area contributed by atoms with Gasteiger partial charge in [0.15, 0.2) is 0 Å². The lowest BCUT2D eigenvalue weighted by Crippen LogP contribution is -2.01. The lowest BCUT2D eigenvalue weighted by molar-refractivity contribution is 1.06. The van der Waals surface area contributed by atoms with Crippen molar-refractivity contribution >= 4 is 27.2 Å². The molecule has 4 heteroatoms. The van der Waals surface area contributed by atoms with Gasteiger partial charge in [-0.2, -0.15) is 5.26 Å². The summed E-state index contributed by atoms with van der Waals surface area (Å²) in [5.41, 5.74) is 0. The topological polar surface area (TPSA) is 48.7 Å². The minimum absolute atomic E-state index is 0.502. The highest BCUT2D eigenvalue weighted by atomic mass is 32.1. The predicted molar refractivity (Wildman–Crippen MR) is 58.3 cm³/mol. The van der Waals surface area contributed by atoms with Crippen molar-refractivity contribution in [1.82, 2.24) is 4.98 Å². The van der Waals surface area contributed by atoms with Crippen LogP contribution in [0.5, 0.6) is 0 Å². The van der Waals surface area contributed by atoms with Crippen molar-refractivity contribution in [2.24, 2.45) is 0 Å². The van der Waals surface area contributed by atoms with Crippen molar-refractivity contribution in [1.29, 1.82) is 5.26 Å². The minimum atomic E-state index is 0.502. The van der Waals surface area contributed by atoms with Crippen LogP contribution in [0.3, 0.4) is 0 Å². The number of anilines is 1. The maximum atomic E-state index is 8.41. The van der Waals surface area contributed by atoms with E-state index in [0.29, 0.717) is 13.0 Å². The Morgan fingerprint density at radius 3 is 3.29 bits per heavy atom. The second kappa shape index (κ2) is 4.07. The van der Waals surface area contributed by atoms with Crippen molar-refractivity contribution in [3.8, 4) is 6.07 Å². The van der Waals surface area contributed by atoms with Gasteiger partial charge in [-0.1, -0.05) is 0 Å².